The molecule has 1 rings (SSSR count). The molecule has 0 saturated heterocycles. The first-order valence-electron chi connectivity index (χ1n) is 5.66. The number of carbonyl (C=O) groups is 1. The van der Waals surface area contributed by atoms with Crippen molar-refractivity contribution in [2.75, 3.05) is 17.3 Å². The Kier molecular flexibility index (Phi) is 4.84. The van der Waals surface area contributed by atoms with Gasteiger partial charge in [-0.05, 0) is 13.0 Å². The van der Waals surface area contributed by atoms with Gasteiger partial charge in [0.05, 0.1) is 22.4 Å². The van der Waals surface area contributed by atoms with Crippen molar-refractivity contribution in [1.29, 1.82) is 0 Å². The third-order valence-corrected chi connectivity index (χ3v) is 3.57. The number of aromatic carboxylic acids is 1. The highest BCUT2D eigenvalue weighted by molar-refractivity contribution is 7.90. The van der Waals surface area contributed by atoms with Crippen LogP contribution >= 0.6 is 0 Å². The van der Waals surface area contributed by atoms with Crippen molar-refractivity contribution in [3.8, 4) is 0 Å². The minimum atomic E-state index is -3.31. The molecule has 2 N–H and O–H groups in total. The number of rotatable bonds is 6. The van der Waals surface area contributed by atoms with E-state index in [1.807, 2.05) is 0 Å². The number of nitro benzene ring substituents is 1. The summed E-state index contributed by atoms with van der Waals surface area (Å²) in [5.41, 5.74) is -1.87. The van der Waals surface area contributed by atoms with Gasteiger partial charge in [-0.2, -0.15) is 0 Å². The van der Waals surface area contributed by atoms with Crippen LogP contribution in [0.1, 0.15) is 17.3 Å². The summed E-state index contributed by atoms with van der Waals surface area (Å²) < 4.78 is 36.0. The van der Waals surface area contributed by atoms with E-state index in [1.54, 1.807) is 0 Å². The predicted octanol–water partition coefficient (Wildman–Crippen LogP) is 1.28. The molecule has 0 aromatic heterocycles. The summed E-state index contributed by atoms with van der Waals surface area (Å²) in [6.07, 6.45) is 1.00. The molecule has 0 radical (unpaired) electrons. The Bertz CT molecular complexity index is 688. The van der Waals surface area contributed by atoms with Crippen molar-refractivity contribution in [2.24, 2.45) is 0 Å². The van der Waals surface area contributed by atoms with Gasteiger partial charge in [-0.3, -0.25) is 10.1 Å². The van der Waals surface area contributed by atoms with Crippen molar-refractivity contribution in [3.63, 3.8) is 0 Å². The first kappa shape index (κ1) is 16.8. The zero-order valence-electron chi connectivity index (χ0n) is 11.2. The van der Waals surface area contributed by atoms with Crippen molar-refractivity contribution in [3.05, 3.63) is 33.6 Å². The van der Waals surface area contributed by atoms with Crippen LogP contribution in [0.15, 0.2) is 12.1 Å². The van der Waals surface area contributed by atoms with E-state index < -0.39 is 43.8 Å². The van der Waals surface area contributed by atoms with Gasteiger partial charge in [-0.1, -0.05) is 0 Å². The molecule has 1 aromatic rings. The Morgan fingerprint density at radius 3 is 2.52 bits per heavy atom. The smallest absolute Gasteiger partial charge is 0.342 e. The number of nitro groups is 1. The van der Waals surface area contributed by atoms with Gasteiger partial charge < -0.3 is 10.4 Å². The third kappa shape index (κ3) is 4.67. The number of nitrogens with zero attached hydrogens (tertiary/aromatic N) is 1. The molecule has 0 fully saturated rings. The number of hydrogen-bond acceptors (Lipinski definition) is 6. The lowest BCUT2D eigenvalue weighted by Crippen LogP contribution is -2.25. The van der Waals surface area contributed by atoms with Gasteiger partial charge in [0, 0.05) is 12.3 Å². The summed E-state index contributed by atoms with van der Waals surface area (Å²) in [7, 11) is -3.31. The van der Waals surface area contributed by atoms with Gasteiger partial charge in [0.1, 0.15) is 15.4 Å². The Labute approximate surface area is 119 Å². The molecule has 0 aliphatic carbocycles. The molecule has 8 nitrogen and oxygen atoms in total. The van der Waals surface area contributed by atoms with Gasteiger partial charge in [-0.25, -0.2) is 17.6 Å². The molecule has 0 aliphatic rings. The maximum Gasteiger partial charge on any atom is 0.342 e. The number of sulfone groups is 1. The topological polar surface area (TPSA) is 127 Å². The van der Waals surface area contributed by atoms with E-state index in [0.717, 1.165) is 12.3 Å². The normalized spacial score (nSPS) is 12.7. The maximum absolute atomic E-state index is 13.7. The van der Waals surface area contributed by atoms with E-state index in [0.29, 0.717) is 6.07 Å². The SMILES string of the molecule is CC(CS(C)(=O)=O)Nc1cc(C(=O)O)c([N+](=O)[O-])cc1F. The van der Waals surface area contributed by atoms with Crippen LogP contribution in [-0.2, 0) is 9.84 Å². The van der Waals surface area contributed by atoms with Gasteiger partial charge >= 0.3 is 5.97 Å². The molecule has 116 valence electrons. The fourth-order valence-electron chi connectivity index (χ4n) is 1.76. The molecule has 0 aliphatic heterocycles. The van der Waals surface area contributed by atoms with Gasteiger partial charge in [-0.15, -0.1) is 0 Å². The second-order valence-corrected chi connectivity index (χ2v) is 6.73. The van der Waals surface area contributed by atoms with Crippen molar-refractivity contribution in [2.45, 2.75) is 13.0 Å². The second-order valence-electron chi connectivity index (χ2n) is 4.55. The zero-order chi connectivity index (χ0) is 16.4. The minimum Gasteiger partial charge on any atom is -0.477 e. The molecule has 0 bridgehead atoms. The van der Waals surface area contributed by atoms with Crippen molar-refractivity contribution >= 4 is 27.2 Å². The monoisotopic (exact) mass is 320 g/mol. The third-order valence-electron chi connectivity index (χ3n) is 2.47. The molecule has 1 aromatic carbocycles. The lowest BCUT2D eigenvalue weighted by Gasteiger charge is -2.15. The van der Waals surface area contributed by atoms with Crippen LogP contribution in [0.25, 0.3) is 0 Å². The molecule has 0 saturated carbocycles. The fourth-order valence-corrected chi connectivity index (χ4v) is 2.75. The van der Waals surface area contributed by atoms with E-state index in [2.05, 4.69) is 5.32 Å². The Balaban J connectivity index is 3.17. The first-order chi connectivity index (χ1) is 9.51. The summed E-state index contributed by atoms with van der Waals surface area (Å²) in [4.78, 5) is 20.6. The lowest BCUT2D eigenvalue weighted by atomic mass is 10.1. The lowest BCUT2D eigenvalue weighted by molar-refractivity contribution is -0.385. The largest absolute Gasteiger partial charge is 0.477 e. The van der Waals surface area contributed by atoms with Crippen LogP contribution in [0.5, 0.6) is 0 Å². The number of hydrogen-bond donors (Lipinski definition) is 2. The van der Waals surface area contributed by atoms with Crippen molar-refractivity contribution in [1.82, 2.24) is 0 Å². The number of anilines is 1. The molecule has 1 atom stereocenters. The average molecular weight is 320 g/mol. The Morgan fingerprint density at radius 1 is 1.52 bits per heavy atom. The molecule has 0 heterocycles. The maximum atomic E-state index is 13.7. The number of benzene rings is 1. The molecular formula is C11H13FN2O6S. The molecule has 21 heavy (non-hydrogen) atoms. The van der Waals surface area contributed by atoms with E-state index >= 15 is 0 Å². The van der Waals surface area contributed by atoms with Gasteiger partial charge in [0.25, 0.3) is 5.69 Å². The van der Waals surface area contributed by atoms with Crippen LogP contribution in [0.4, 0.5) is 15.8 Å². The Morgan fingerprint density at radius 2 is 2.10 bits per heavy atom. The van der Waals surface area contributed by atoms with E-state index in [9.17, 15) is 27.7 Å². The Hall–Kier alpha value is -2.23. The van der Waals surface area contributed by atoms with Gasteiger partial charge in [0.2, 0.25) is 0 Å². The van der Waals surface area contributed by atoms with Gasteiger partial charge in [0.15, 0.2) is 5.82 Å². The van der Waals surface area contributed by atoms with Crippen LogP contribution in [0.2, 0.25) is 0 Å². The van der Waals surface area contributed by atoms with Crippen LogP contribution in [0, 0.1) is 15.9 Å². The predicted molar refractivity (Wildman–Crippen MR) is 72.8 cm³/mol. The van der Waals surface area contributed by atoms with Crippen LogP contribution in [0.3, 0.4) is 0 Å². The average Bonchev–Trinajstić information content (AvgIpc) is 2.28. The number of carboxylic acid groups (broad SMARTS) is 1. The van der Waals surface area contributed by atoms with E-state index in [1.165, 1.54) is 6.92 Å². The first-order valence-corrected chi connectivity index (χ1v) is 7.73. The summed E-state index contributed by atoms with van der Waals surface area (Å²) in [5.74, 6) is -2.92. The van der Waals surface area contributed by atoms with Crippen LogP contribution < -0.4 is 5.32 Å². The molecule has 1 unspecified atom stereocenters. The van der Waals surface area contributed by atoms with E-state index in [-0.39, 0.29) is 11.4 Å². The summed E-state index contributed by atoms with van der Waals surface area (Å²) in [6.45, 7) is 1.46. The molecule has 0 amide bonds. The standard InChI is InChI=1S/C11H13FN2O6S/c1-6(5-21(2,19)20)13-9-3-7(11(15)16)10(14(17)18)4-8(9)12/h3-4,6,13H,5H2,1-2H3,(H,15,16). The number of carboxylic acids is 1. The second kappa shape index (κ2) is 6.04. The summed E-state index contributed by atoms with van der Waals surface area (Å²) in [5, 5.41) is 22.1. The minimum absolute atomic E-state index is 0.300. The fraction of sp³-hybridized carbons (Fsp3) is 0.364. The number of halogens is 1. The van der Waals surface area contributed by atoms with Crippen LogP contribution in [-0.4, -0.2) is 42.5 Å². The summed E-state index contributed by atoms with van der Waals surface area (Å²) >= 11 is 0. The molecule has 0 spiro atoms. The molecular weight excluding hydrogens is 307 g/mol. The summed E-state index contributed by atoms with van der Waals surface area (Å²) in [6, 6.07) is 0.561. The number of nitrogens with one attached hydrogen (secondary N) is 1. The van der Waals surface area contributed by atoms with Crippen molar-refractivity contribution < 1.29 is 27.6 Å². The van der Waals surface area contributed by atoms with E-state index in [4.69, 9.17) is 5.11 Å². The highest BCUT2D eigenvalue weighted by Crippen LogP contribution is 2.26. The quantitative estimate of drug-likeness (QED) is 0.597. The highest BCUT2D eigenvalue weighted by atomic mass is 32.2. The zero-order valence-corrected chi connectivity index (χ0v) is 12.0. The highest BCUT2D eigenvalue weighted by Gasteiger charge is 2.24. The molecule has 10 heteroatoms.